The number of hydrogen-bond acceptors (Lipinski definition) is 7. The number of thiophene rings is 1. The van der Waals surface area contributed by atoms with Crippen LogP contribution in [-0.4, -0.2) is 62.4 Å². The van der Waals surface area contributed by atoms with Gasteiger partial charge in [-0.2, -0.15) is 5.10 Å². The van der Waals surface area contributed by atoms with Gasteiger partial charge in [0.2, 0.25) is 0 Å². The highest BCUT2D eigenvalue weighted by Crippen LogP contribution is 2.39. The lowest BCUT2D eigenvalue weighted by Crippen LogP contribution is -2.35. The Hall–Kier alpha value is -3.30. The summed E-state index contributed by atoms with van der Waals surface area (Å²) in [5.74, 6) is 0.810. The fourth-order valence-electron chi connectivity index (χ4n) is 4.03. The van der Waals surface area contributed by atoms with Crippen molar-refractivity contribution in [3.8, 4) is 11.5 Å². The molecule has 2 heterocycles. The molecule has 3 aromatic rings. The molecule has 2 aromatic carbocycles. The number of benzene rings is 2. The van der Waals surface area contributed by atoms with Gasteiger partial charge in [0.15, 0.2) is 17.3 Å². The van der Waals surface area contributed by atoms with Gasteiger partial charge in [-0.3, -0.25) is 9.80 Å². The molecule has 1 aliphatic heterocycles. The van der Waals surface area contributed by atoms with E-state index >= 15 is 0 Å². The van der Waals surface area contributed by atoms with Crippen LogP contribution >= 0.6 is 11.3 Å². The van der Waals surface area contributed by atoms with E-state index in [0.29, 0.717) is 55.6 Å². The van der Waals surface area contributed by atoms with Gasteiger partial charge >= 0.3 is 5.97 Å². The zero-order valence-corrected chi connectivity index (χ0v) is 20.4. The number of carboxylic acid groups (broad SMARTS) is 1. The highest BCUT2D eigenvalue weighted by Gasteiger charge is 2.36. The lowest BCUT2D eigenvalue weighted by molar-refractivity contribution is -0.143. The number of hydrazone groups is 1. The molecule has 0 saturated carbocycles. The fourth-order valence-corrected chi connectivity index (χ4v) is 5.26. The van der Waals surface area contributed by atoms with Gasteiger partial charge in [0.1, 0.15) is 0 Å². The van der Waals surface area contributed by atoms with Crippen LogP contribution in [-0.2, 0) is 21.4 Å². The number of nitrogens with zero attached hydrogens (tertiary/aromatic N) is 2. The predicted molar refractivity (Wildman–Crippen MR) is 133 cm³/mol. The number of carboxylic acids is 1. The van der Waals surface area contributed by atoms with Crippen LogP contribution in [0.2, 0.25) is 0 Å². The molecule has 1 unspecified atom stereocenters. The van der Waals surface area contributed by atoms with Crippen molar-refractivity contribution in [3.05, 3.63) is 58.5 Å². The van der Waals surface area contributed by atoms with Crippen molar-refractivity contribution in [3.63, 3.8) is 0 Å². The average molecular weight is 484 g/mol. The Morgan fingerprint density at radius 1 is 1.15 bits per heavy atom. The molecule has 1 fully saturated rings. The van der Waals surface area contributed by atoms with Crippen LogP contribution in [0.1, 0.15) is 22.9 Å². The smallest absolute Gasteiger partial charge is 0.314 e. The summed E-state index contributed by atoms with van der Waals surface area (Å²) >= 11 is 1.56. The number of carbonyl (C=O) groups is 1. The Morgan fingerprint density at radius 2 is 1.79 bits per heavy atom. The maximum Gasteiger partial charge on any atom is 0.314 e. The molecule has 1 atom stereocenters. The minimum Gasteiger partial charge on any atom is -0.493 e. The molecule has 0 bridgehead atoms. The molecule has 0 aliphatic carbocycles. The second kappa shape index (κ2) is 9.90. The standard InChI is InChI=1S/C25H29N3O5S/c1-25(24(29)30,15-19-12-17-13-20(31-2)21(32-3)14-22(17)34-19)18-6-4-16(5-7-18)23(26)27-28-8-10-33-11-9-28/h4-7,12-14H,8-11,15H2,1-3H3,(H2,26,27)(H,29,30). The summed E-state index contributed by atoms with van der Waals surface area (Å²) in [6, 6.07) is 13.2. The molecule has 1 saturated heterocycles. The molecule has 0 spiro atoms. The van der Waals surface area contributed by atoms with Crippen molar-refractivity contribution in [2.24, 2.45) is 10.8 Å². The summed E-state index contributed by atoms with van der Waals surface area (Å²) < 4.78 is 17.1. The zero-order valence-electron chi connectivity index (χ0n) is 19.5. The highest BCUT2D eigenvalue weighted by molar-refractivity contribution is 7.19. The van der Waals surface area contributed by atoms with Gasteiger partial charge in [-0.15, -0.1) is 11.3 Å². The minimum atomic E-state index is -1.11. The molecule has 34 heavy (non-hydrogen) atoms. The van der Waals surface area contributed by atoms with Gasteiger partial charge in [0.05, 0.1) is 45.9 Å². The van der Waals surface area contributed by atoms with Crippen LogP contribution in [0.4, 0.5) is 0 Å². The number of amidine groups is 1. The second-order valence-corrected chi connectivity index (χ2v) is 9.57. The molecule has 9 heteroatoms. The van der Waals surface area contributed by atoms with E-state index in [2.05, 4.69) is 5.10 Å². The summed E-state index contributed by atoms with van der Waals surface area (Å²) in [5, 5.41) is 17.5. The largest absolute Gasteiger partial charge is 0.493 e. The first-order valence-corrected chi connectivity index (χ1v) is 11.8. The minimum absolute atomic E-state index is 0.350. The lowest BCUT2D eigenvalue weighted by atomic mass is 9.79. The van der Waals surface area contributed by atoms with Crippen LogP contribution in [0.3, 0.4) is 0 Å². The van der Waals surface area contributed by atoms with E-state index in [-0.39, 0.29) is 0 Å². The van der Waals surface area contributed by atoms with E-state index in [1.54, 1.807) is 32.5 Å². The van der Waals surface area contributed by atoms with Crippen LogP contribution < -0.4 is 15.2 Å². The third kappa shape index (κ3) is 4.80. The topological polar surface area (TPSA) is 107 Å². The molecule has 4 rings (SSSR count). The lowest BCUT2D eigenvalue weighted by Gasteiger charge is -2.26. The fraction of sp³-hybridized carbons (Fsp3) is 0.360. The van der Waals surface area contributed by atoms with Crippen molar-refractivity contribution in [2.45, 2.75) is 18.8 Å². The van der Waals surface area contributed by atoms with E-state index < -0.39 is 11.4 Å². The van der Waals surface area contributed by atoms with Gasteiger partial charge < -0.3 is 25.1 Å². The van der Waals surface area contributed by atoms with Crippen molar-refractivity contribution >= 4 is 33.2 Å². The number of rotatable bonds is 8. The predicted octanol–water partition coefficient (Wildman–Crippen LogP) is 3.46. The number of fused-ring (bicyclic) bond motifs is 1. The molecular weight excluding hydrogens is 454 g/mol. The number of morpholine rings is 1. The van der Waals surface area contributed by atoms with E-state index in [1.807, 2.05) is 47.5 Å². The van der Waals surface area contributed by atoms with Gasteiger partial charge in [0.25, 0.3) is 0 Å². The maximum absolute atomic E-state index is 12.4. The zero-order chi connectivity index (χ0) is 24.3. The molecule has 180 valence electrons. The van der Waals surface area contributed by atoms with Crippen LogP contribution in [0.25, 0.3) is 10.1 Å². The number of hydrogen-bond donors (Lipinski definition) is 2. The molecule has 8 nitrogen and oxygen atoms in total. The van der Waals surface area contributed by atoms with Crippen LogP contribution in [0.15, 0.2) is 47.6 Å². The molecular formula is C25H29N3O5S. The normalized spacial score (nSPS) is 16.3. The first kappa shape index (κ1) is 23.8. The van der Waals surface area contributed by atoms with Gasteiger partial charge in [-0.1, -0.05) is 24.3 Å². The Morgan fingerprint density at radius 3 is 2.41 bits per heavy atom. The van der Waals surface area contributed by atoms with Gasteiger partial charge in [0, 0.05) is 27.6 Å². The first-order valence-electron chi connectivity index (χ1n) is 11.0. The molecule has 0 amide bonds. The summed E-state index contributed by atoms with van der Waals surface area (Å²) in [7, 11) is 3.20. The van der Waals surface area contributed by atoms with E-state index in [1.165, 1.54) is 0 Å². The van der Waals surface area contributed by atoms with Crippen molar-refractivity contribution in [2.75, 3.05) is 40.5 Å². The quantitative estimate of drug-likeness (QED) is 0.373. The molecule has 0 radical (unpaired) electrons. The molecule has 1 aliphatic rings. The van der Waals surface area contributed by atoms with Gasteiger partial charge in [-0.25, -0.2) is 0 Å². The highest BCUT2D eigenvalue weighted by atomic mass is 32.1. The second-order valence-electron chi connectivity index (χ2n) is 8.40. The van der Waals surface area contributed by atoms with E-state index in [0.717, 1.165) is 20.5 Å². The molecule has 3 N–H and O–H groups in total. The Kier molecular flexibility index (Phi) is 6.95. The number of methoxy groups -OCH3 is 2. The van der Waals surface area contributed by atoms with Crippen LogP contribution in [0.5, 0.6) is 11.5 Å². The third-order valence-electron chi connectivity index (χ3n) is 6.13. The Bertz CT molecular complexity index is 1160. The van der Waals surface area contributed by atoms with E-state index in [4.69, 9.17) is 19.9 Å². The summed E-state index contributed by atoms with van der Waals surface area (Å²) in [4.78, 5) is 13.4. The number of ether oxygens (including phenoxy) is 3. The average Bonchev–Trinajstić information content (AvgIpc) is 3.24. The summed E-state index contributed by atoms with van der Waals surface area (Å²) in [6.07, 6.45) is 0.350. The van der Waals surface area contributed by atoms with Crippen molar-refractivity contribution in [1.29, 1.82) is 0 Å². The summed E-state index contributed by atoms with van der Waals surface area (Å²) in [6.45, 7) is 4.40. The third-order valence-corrected chi connectivity index (χ3v) is 7.23. The Labute approximate surface area is 202 Å². The molecule has 1 aromatic heterocycles. The first-order chi connectivity index (χ1) is 16.3. The van der Waals surface area contributed by atoms with Crippen LogP contribution in [0, 0.1) is 0 Å². The van der Waals surface area contributed by atoms with Gasteiger partial charge in [-0.05, 0) is 30.0 Å². The SMILES string of the molecule is COc1cc2cc(CC(C)(C(=O)O)c3ccc(C(N)=NN4CCOCC4)cc3)sc2cc1OC. The monoisotopic (exact) mass is 483 g/mol. The Balaban J connectivity index is 1.59. The number of aliphatic carboxylic acids is 1. The van der Waals surface area contributed by atoms with E-state index in [9.17, 15) is 9.90 Å². The summed E-state index contributed by atoms with van der Waals surface area (Å²) in [5.41, 5.74) is 6.54. The number of nitrogens with two attached hydrogens (primary N) is 1. The van der Waals surface area contributed by atoms with Crippen molar-refractivity contribution < 1.29 is 24.1 Å². The van der Waals surface area contributed by atoms with Crippen molar-refractivity contribution in [1.82, 2.24) is 5.01 Å². The maximum atomic E-state index is 12.4.